The fourth-order valence-electron chi connectivity index (χ4n) is 1.67. The second-order valence-corrected chi connectivity index (χ2v) is 3.95. The number of aliphatic carboxylic acids is 1. The number of benzene rings is 1. The number of likely N-dealkylation sites (N-methyl/N-ethyl adjacent to an activating group) is 1. The fourth-order valence-corrected chi connectivity index (χ4v) is 1.67. The quantitative estimate of drug-likeness (QED) is 0.723. The van der Waals surface area contributed by atoms with Crippen molar-refractivity contribution in [2.24, 2.45) is 0 Å². The first-order chi connectivity index (χ1) is 8.45. The molecule has 1 rings (SSSR count). The van der Waals surface area contributed by atoms with E-state index in [9.17, 15) is 18.7 Å². The van der Waals surface area contributed by atoms with E-state index in [1.165, 1.54) is 6.07 Å². The summed E-state index contributed by atoms with van der Waals surface area (Å²) in [7, 11) is 1.57. The van der Waals surface area contributed by atoms with Crippen molar-refractivity contribution in [2.45, 2.75) is 25.0 Å². The van der Waals surface area contributed by atoms with E-state index in [4.69, 9.17) is 5.11 Å². The van der Waals surface area contributed by atoms with Crippen LogP contribution in [0.1, 0.15) is 24.5 Å². The molecule has 100 valence electrons. The van der Waals surface area contributed by atoms with Crippen molar-refractivity contribution in [2.75, 3.05) is 7.05 Å². The van der Waals surface area contributed by atoms with Gasteiger partial charge in [0.05, 0.1) is 6.10 Å². The number of nitrogens with one attached hydrogen (secondary N) is 1. The number of rotatable bonds is 6. The van der Waals surface area contributed by atoms with Crippen LogP contribution in [0.2, 0.25) is 0 Å². The molecule has 18 heavy (non-hydrogen) atoms. The van der Waals surface area contributed by atoms with Gasteiger partial charge in [-0.15, -0.1) is 0 Å². The molecule has 0 aliphatic heterocycles. The van der Waals surface area contributed by atoms with E-state index >= 15 is 0 Å². The molecule has 2 atom stereocenters. The van der Waals surface area contributed by atoms with Gasteiger partial charge in [-0.05, 0) is 31.2 Å². The van der Waals surface area contributed by atoms with Crippen molar-refractivity contribution in [1.29, 1.82) is 0 Å². The minimum absolute atomic E-state index is 0.119. The largest absolute Gasteiger partial charge is 0.481 e. The molecule has 0 fully saturated rings. The molecule has 0 radical (unpaired) electrons. The Bertz CT molecular complexity index is 426. The lowest BCUT2D eigenvalue weighted by Crippen LogP contribution is -2.32. The molecule has 3 N–H and O–H groups in total. The highest BCUT2D eigenvalue weighted by molar-refractivity contribution is 5.66. The second kappa shape index (κ2) is 6.42. The Hall–Kier alpha value is -1.53. The zero-order valence-corrected chi connectivity index (χ0v) is 9.86. The topological polar surface area (TPSA) is 69.6 Å². The van der Waals surface area contributed by atoms with Gasteiger partial charge in [-0.3, -0.25) is 4.79 Å². The molecule has 0 saturated carbocycles. The fraction of sp³-hybridized carbons (Fsp3) is 0.417. The third-order valence-electron chi connectivity index (χ3n) is 2.71. The Kier molecular flexibility index (Phi) is 5.18. The van der Waals surface area contributed by atoms with E-state index < -0.39 is 29.7 Å². The van der Waals surface area contributed by atoms with Crippen molar-refractivity contribution in [3.05, 3.63) is 35.4 Å². The molecule has 4 nitrogen and oxygen atoms in total. The van der Waals surface area contributed by atoms with Crippen LogP contribution in [-0.2, 0) is 4.79 Å². The van der Waals surface area contributed by atoms with Gasteiger partial charge in [0.25, 0.3) is 0 Å². The summed E-state index contributed by atoms with van der Waals surface area (Å²) >= 11 is 0. The average molecular weight is 259 g/mol. The highest BCUT2D eigenvalue weighted by Crippen LogP contribution is 2.21. The molecule has 0 spiro atoms. The van der Waals surface area contributed by atoms with Crippen molar-refractivity contribution in [1.82, 2.24) is 5.32 Å². The predicted molar refractivity (Wildman–Crippen MR) is 61.0 cm³/mol. The molecule has 0 saturated heterocycles. The first-order valence-electron chi connectivity index (χ1n) is 5.47. The van der Waals surface area contributed by atoms with Crippen LogP contribution >= 0.6 is 0 Å². The first-order valence-corrected chi connectivity index (χ1v) is 5.47. The molecule has 1 aromatic carbocycles. The Morgan fingerprint density at radius 3 is 2.56 bits per heavy atom. The smallest absolute Gasteiger partial charge is 0.303 e. The van der Waals surface area contributed by atoms with Crippen molar-refractivity contribution in [3.63, 3.8) is 0 Å². The van der Waals surface area contributed by atoms with Crippen molar-refractivity contribution in [3.8, 4) is 0 Å². The van der Waals surface area contributed by atoms with Crippen molar-refractivity contribution >= 4 is 5.97 Å². The minimum atomic E-state index is -1.09. The van der Waals surface area contributed by atoms with Crippen LogP contribution in [0, 0.1) is 11.6 Å². The Morgan fingerprint density at radius 1 is 1.39 bits per heavy atom. The summed E-state index contributed by atoms with van der Waals surface area (Å²) < 4.78 is 25.8. The van der Waals surface area contributed by atoms with E-state index in [0.717, 1.165) is 12.1 Å². The monoisotopic (exact) mass is 259 g/mol. The lowest BCUT2D eigenvalue weighted by Gasteiger charge is -2.22. The summed E-state index contributed by atoms with van der Waals surface area (Å²) in [5, 5.41) is 21.3. The van der Waals surface area contributed by atoms with E-state index in [1.807, 2.05) is 0 Å². The maximum Gasteiger partial charge on any atom is 0.303 e. The number of aliphatic hydroxyl groups is 1. The standard InChI is InChI=1S/C12H15F2NO3/c1-15-10(4-5-11(16)17)12(18)7-2-3-8(13)9(14)6-7/h2-3,6,10,12,15,18H,4-5H2,1H3,(H,16,17). The van der Waals surface area contributed by atoms with Crippen LogP contribution in [0.15, 0.2) is 18.2 Å². The third-order valence-corrected chi connectivity index (χ3v) is 2.71. The maximum atomic E-state index is 13.0. The molecular formula is C12H15F2NO3. The van der Waals surface area contributed by atoms with Gasteiger partial charge >= 0.3 is 5.97 Å². The van der Waals surface area contributed by atoms with Gasteiger partial charge in [-0.1, -0.05) is 6.07 Å². The van der Waals surface area contributed by atoms with E-state index in [-0.39, 0.29) is 18.4 Å². The summed E-state index contributed by atoms with van der Waals surface area (Å²) in [4.78, 5) is 10.5. The molecule has 0 aliphatic rings. The van der Waals surface area contributed by atoms with Gasteiger partial charge in [-0.25, -0.2) is 8.78 Å². The van der Waals surface area contributed by atoms with Gasteiger partial charge in [-0.2, -0.15) is 0 Å². The number of carboxylic acid groups (broad SMARTS) is 1. The molecule has 0 bridgehead atoms. The summed E-state index contributed by atoms with van der Waals surface area (Å²) in [6.07, 6.45) is -1.03. The first kappa shape index (κ1) is 14.5. The molecule has 2 unspecified atom stereocenters. The van der Waals surface area contributed by atoms with Gasteiger partial charge in [0.1, 0.15) is 0 Å². The number of hydrogen-bond donors (Lipinski definition) is 3. The van der Waals surface area contributed by atoms with Crippen LogP contribution in [-0.4, -0.2) is 29.3 Å². The van der Waals surface area contributed by atoms with Crippen LogP contribution in [0.25, 0.3) is 0 Å². The van der Waals surface area contributed by atoms with Gasteiger partial charge in [0.2, 0.25) is 0 Å². The molecule has 0 heterocycles. The van der Waals surface area contributed by atoms with Gasteiger partial charge in [0, 0.05) is 12.5 Å². The van der Waals surface area contributed by atoms with Crippen LogP contribution in [0.5, 0.6) is 0 Å². The maximum absolute atomic E-state index is 13.0. The van der Waals surface area contributed by atoms with Gasteiger partial charge < -0.3 is 15.5 Å². The molecule has 6 heteroatoms. The summed E-state index contributed by atoms with van der Waals surface area (Å²) in [6, 6.07) is 2.57. The number of hydrogen-bond acceptors (Lipinski definition) is 3. The zero-order valence-electron chi connectivity index (χ0n) is 9.86. The Balaban J connectivity index is 2.78. The minimum Gasteiger partial charge on any atom is -0.481 e. The number of carbonyl (C=O) groups is 1. The van der Waals surface area contributed by atoms with E-state index in [1.54, 1.807) is 7.05 Å². The number of aliphatic hydroxyl groups excluding tert-OH is 1. The molecule has 0 aromatic heterocycles. The third kappa shape index (κ3) is 3.75. The number of halogens is 2. The Labute approximate surface area is 103 Å². The van der Waals surface area contributed by atoms with Gasteiger partial charge in [0.15, 0.2) is 11.6 Å². The van der Waals surface area contributed by atoms with Crippen LogP contribution in [0.3, 0.4) is 0 Å². The van der Waals surface area contributed by atoms with E-state index in [2.05, 4.69) is 5.32 Å². The molecular weight excluding hydrogens is 244 g/mol. The van der Waals surface area contributed by atoms with Crippen LogP contribution in [0.4, 0.5) is 8.78 Å². The lowest BCUT2D eigenvalue weighted by molar-refractivity contribution is -0.137. The zero-order chi connectivity index (χ0) is 13.7. The highest BCUT2D eigenvalue weighted by Gasteiger charge is 2.21. The highest BCUT2D eigenvalue weighted by atomic mass is 19.2. The Morgan fingerprint density at radius 2 is 2.06 bits per heavy atom. The average Bonchev–Trinajstić information content (AvgIpc) is 2.32. The van der Waals surface area contributed by atoms with E-state index in [0.29, 0.717) is 0 Å². The molecule has 0 aliphatic carbocycles. The summed E-state index contributed by atoms with van der Waals surface area (Å²) in [5.41, 5.74) is 0.207. The normalized spacial score (nSPS) is 14.2. The van der Waals surface area contributed by atoms with Crippen molar-refractivity contribution < 1.29 is 23.8 Å². The second-order valence-electron chi connectivity index (χ2n) is 3.95. The molecule has 0 amide bonds. The molecule has 1 aromatic rings. The summed E-state index contributed by atoms with van der Waals surface area (Å²) in [6.45, 7) is 0. The number of carboxylic acids is 1. The summed E-state index contributed by atoms with van der Waals surface area (Å²) in [5.74, 6) is -3.01. The SMILES string of the molecule is CNC(CCC(=O)O)C(O)c1ccc(F)c(F)c1. The van der Waals surface area contributed by atoms with Crippen LogP contribution < -0.4 is 5.32 Å². The lowest BCUT2D eigenvalue weighted by atomic mass is 9.98. The predicted octanol–water partition coefficient (Wildman–Crippen LogP) is 1.45.